The maximum absolute atomic E-state index is 11.3. The molecule has 5 nitrogen and oxygen atoms in total. The van der Waals surface area contributed by atoms with Gasteiger partial charge in [-0.05, 0) is 85.1 Å². The van der Waals surface area contributed by atoms with Gasteiger partial charge in [-0.15, -0.1) is 0 Å². The van der Waals surface area contributed by atoms with Gasteiger partial charge in [-0.3, -0.25) is 4.79 Å². The third-order valence-corrected chi connectivity index (χ3v) is 5.03. The van der Waals surface area contributed by atoms with Crippen LogP contribution < -0.4 is 14.8 Å². The van der Waals surface area contributed by atoms with Crippen molar-refractivity contribution in [2.75, 3.05) is 0 Å². The SMILES string of the molecule is CC(=O)NC(C)c1ccc2nc(Oc3cc(Br)c(OC(C)C)cc3C)ccc2c1. The number of hydrogen-bond acceptors (Lipinski definition) is 4. The van der Waals surface area contributed by atoms with Crippen molar-refractivity contribution in [2.45, 2.75) is 46.8 Å². The Kier molecular flexibility index (Phi) is 6.42. The Balaban J connectivity index is 1.84. The molecule has 1 atom stereocenters. The number of aromatic nitrogens is 1. The van der Waals surface area contributed by atoms with E-state index in [9.17, 15) is 4.79 Å². The number of halogens is 1. The van der Waals surface area contributed by atoms with Gasteiger partial charge in [0.2, 0.25) is 11.8 Å². The van der Waals surface area contributed by atoms with Crippen molar-refractivity contribution in [2.24, 2.45) is 0 Å². The van der Waals surface area contributed by atoms with Gasteiger partial charge in [0.05, 0.1) is 22.1 Å². The molecule has 1 amide bonds. The minimum atomic E-state index is -0.0561. The molecule has 2 aromatic carbocycles. The summed E-state index contributed by atoms with van der Waals surface area (Å²) >= 11 is 3.55. The van der Waals surface area contributed by atoms with Crippen LogP contribution in [0.4, 0.5) is 0 Å². The summed E-state index contributed by atoms with van der Waals surface area (Å²) in [6.45, 7) is 9.44. The molecule has 0 aliphatic heterocycles. The highest BCUT2D eigenvalue weighted by Crippen LogP contribution is 2.35. The lowest BCUT2D eigenvalue weighted by molar-refractivity contribution is -0.119. The molecule has 0 bridgehead atoms. The number of benzene rings is 2. The number of rotatable bonds is 6. The zero-order chi connectivity index (χ0) is 21.1. The number of ether oxygens (including phenoxy) is 2. The van der Waals surface area contributed by atoms with E-state index >= 15 is 0 Å². The molecule has 0 spiro atoms. The number of nitrogens with zero attached hydrogens (tertiary/aromatic N) is 1. The summed E-state index contributed by atoms with van der Waals surface area (Å²) in [6.07, 6.45) is 0.0953. The number of carbonyl (C=O) groups excluding carboxylic acids is 1. The summed E-state index contributed by atoms with van der Waals surface area (Å²) < 4.78 is 12.7. The highest BCUT2D eigenvalue weighted by Gasteiger charge is 2.12. The number of fused-ring (bicyclic) bond motifs is 1. The molecule has 29 heavy (non-hydrogen) atoms. The second-order valence-electron chi connectivity index (χ2n) is 7.34. The van der Waals surface area contributed by atoms with E-state index in [-0.39, 0.29) is 18.1 Å². The lowest BCUT2D eigenvalue weighted by Crippen LogP contribution is -2.23. The van der Waals surface area contributed by atoms with E-state index < -0.39 is 0 Å². The van der Waals surface area contributed by atoms with Gasteiger partial charge in [-0.1, -0.05) is 6.07 Å². The number of nitrogens with one attached hydrogen (secondary N) is 1. The van der Waals surface area contributed by atoms with E-state index in [2.05, 4.69) is 26.2 Å². The fourth-order valence-corrected chi connectivity index (χ4v) is 3.46. The third-order valence-electron chi connectivity index (χ3n) is 4.41. The Hall–Kier alpha value is -2.60. The van der Waals surface area contributed by atoms with Crippen LogP contribution >= 0.6 is 15.9 Å². The van der Waals surface area contributed by atoms with Gasteiger partial charge in [0.25, 0.3) is 0 Å². The largest absolute Gasteiger partial charge is 0.490 e. The summed E-state index contributed by atoms with van der Waals surface area (Å²) in [5, 5.41) is 3.89. The molecule has 3 aromatic rings. The minimum absolute atomic E-state index is 0.0502. The van der Waals surface area contributed by atoms with Gasteiger partial charge < -0.3 is 14.8 Å². The summed E-state index contributed by atoms with van der Waals surface area (Å²) in [7, 11) is 0. The topological polar surface area (TPSA) is 60.5 Å². The molecule has 3 rings (SSSR count). The summed E-state index contributed by atoms with van der Waals surface area (Å²) in [6, 6.07) is 13.6. The maximum atomic E-state index is 11.3. The average molecular weight is 457 g/mol. The van der Waals surface area contributed by atoms with Gasteiger partial charge in [-0.2, -0.15) is 0 Å². The third kappa shape index (κ3) is 5.26. The van der Waals surface area contributed by atoms with Gasteiger partial charge in [0, 0.05) is 18.4 Å². The molecule has 0 radical (unpaired) electrons. The Morgan fingerprint density at radius 3 is 2.52 bits per heavy atom. The normalized spacial score (nSPS) is 12.1. The zero-order valence-electron chi connectivity index (χ0n) is 17.2. The van der Waals surface area contributed by atoms with Gasteiger partial charge >= 0.3 is 0 Å². The monoisotopic (exact) mass is 456 g/mol. The summed E-state index contributed by atoms with van der Waals surface area (Å²) in [5.41, 5.74) is 2.83. The van der Waals surface area contributed by atoms with Crippen molar-refractivity contribution in [1.29, 1.82) is 0 Å². The molecule has 6 heteroatoms. The Morgan fingerprint density at radius 1 is 1.07 bits per heavy atom. The minimum Gasteiger partial charge on any atom is -0.490 e. The molecule has 1 N–H and O–H groups in total. The van der Waals surface area contributed by atoms with Crippen molar-refractivity contribution in [3.8, 4) is 17.4 Å². The number of pyridine rings is 1. The second kappa shape index (κ2) is 8.82. The molecule has 0 saturated heterocycles. The van der Waals surface area contributed by atoms with Crippen LogP contribution in [0.1, 0.15) is 44.9 Å². The fourth-order valence-electron chi connectivity index (χ4n) is 3.04. The van der Waals surface area contributed by atoms with Crippen molar-refractivity contribution < 1.29 is 14.3 Å². The molecule has 0 saturated carbocycles. The standard InChI is InChI=1S/C23H25BrN2O3/c1-13(2)28-22-10-14(3)21(12-19(22)24)29-23-9-7-18-11-17(6-8-20(18)26-23)15(4)25-16(5)27/h6-13,15H,1-5H3,(H,25,27). The molecular weight excluding hydrogens is 432 g/mol. The summed E-state index contributed by atoms with van der Waals surface area (Å²) in [5.74, 6) is 1.98. The number of carbonyl (C=O) groups is 1. The quantitative estimate of drug-likeness (QED) is 0.487. The van der Waals surface area contributed by atoms with E-state index in [0.29, 0.717) is 5.88 Å². The Bertz CT molecular complexity index is 1050. The molecule has 0 aliphatic rings. The molecule has 1 unspecified atom stereocenters. The average Bonchev–Trinajstić information content (AvgIpc) is 2.64. The second-order valence-corrected chi connectivity index (χ2v) is 8.19. The zero-order valence-corrected chi connectivity index (χ0v) is 18.8. The first kappa shape index (κ1) is 21.1. The van der Waals surface area contributed by atoms with Gasteiger partial charge in [0.15, 0.2) is 0 Å². The van der Waals surface area contributed by atoms with E-state index in [1.165, 1.54) is 6.92 Å². The van der Waals surface area contributed by atoms with Crippen molar-refractivity contribution in [3.05, 3.63) is 58.1 Å². The van der Waals surface area contributed by atoms with Crippen LogP contribution in [0.3, 0.4) is 0 Å². The van der Waals surface area contributed by atoms with Crippen molar-refractivity contribution in [3.63, 3.8) is 0 Å². The predicted molar refractivity (Wildman–Crippen MR) is 119 cm³/mol. The molecule has 1 heterocycles. The Labute approximate surface area is 179 Å². The smallest absolute Gasteiger partial charge is 0.219 e. The van der Waals surface area contributed by atoms with Crippen LogP contribution in [0.5, 0.6) is 17.4 Å². The van der Waals surface area contributed by atoms with Crippen LogP contribution in [0.25, 0.3) is 10.9 Å². The Morgan fingerprint density at radius 2 is 1.83 bits per heavy atom. The van der Waals surface area contributed by atoms with Crippen LogP contribution in [0.15, 0.2) is 46.9 Å². The van der Waals surface area contributed by atoms with Crippen molar-refractivity contribution in [1.82, 2.24) is 10.3 Å². The molecule has 0 fully saturated rings. The first-order chi connectivity index (χ1) is 13.7. The van der Waals surface area contributed by atoms with Crippen LogP contribution in [-0.2, 0) is 4.79 Å². The number of amides is 1. The van der Waals surface area contributed by atoms with E-state index in [4.69, 9.17) is 9.47 Å². The lowest BCUT2D eigenvalue weighted by atomic mass is 10.1. The number of hydrogen-bond donors (Lipinski definition) is 1. The maximum Gasteiger partial charge on any atom is 0.219 e. The van der Waals surface area contributed by atoms with Crippen LogP contribution in [-0.4, -0.2) is 17.0 Å². The molecule has 152 valence electrons. The van der Waals surface area contributed by atoms with E-state index in [1.807, 2.05) is 70.2 Å². The molecule has 1 aromatic heterocycles. The lowest BCUT2D eigenvalue weighted by Gasteiger charge is -2.15. The van der Waals surface area contributed by atoms with E-state index in [0.717, 1.165) is 38.0 Å². The van der Waals surface area contributed by atoms with Crippen molar-refractivity contribution >= 4 is 32.7 Å². The summed E-state index contributed by atoms with van der Waals surface area (Å²) in [4.78, 5) is 15.9. The highest BCUT2D eigenvalue weighted by molar-refractivity contribution is 9.10. The number of aryl methyl sites for hydroxylation is 1. The van der Waals surface area contributed by atoms with E-state index in [1.54, 1.807) is 0 Å². The molecule has 0 aliphatic carbocycles. The van der Waals surface area contributed by atoms with Gasteiger partial charge in [-0.25, -0.2) is 4.98 Å². The predicted octanol–water partition coefficient (Wildman–Crippen LogP) is 6.08. The van der Waals surface area contributed by atoms with Crippen LogP contribution in [0, 0.1) is 6.92 Å². The molecular formula is C23H25BrN2O3. The fraction of sp³-hybridized carbons (Fsp3) is 0.304. The highest BCUT2D eigenvalue weighted by atomic mass is 79.9. The first-order valence-corrected chi connectivity index (χ1v) is 10.3. The first-order valence-electron chi connectivity index (χ1n) is 9.55. The van der Waals surface area contributed by atoms with Crippen LogP contribution in [0.2, 0.25) is 0 Å². The van der Waals surface area contributed by atoms with Gasteiger partial charge in [0.1, 0.15) is 11.5 Å².